The van der Waals surface area contributed by atoms with E-state index in [2.05, 4.69) is 20.8 Å². The lowest BCUT2D eigenvalue weighted by molar-refractivity contribution is -0.386. The highest BCUT2D eigenvalue weighted by molar-refractivity contribution is 8.00. The molecule has 2 atom stereocenters. The van der Waals surface area contributed by atoms with Gasteiger partial charge in [-0.25, -0.2) is 14.6 Å². The minimum atomic E-state index is -1.83. The van der Waals surface area contributed by atoms with Crippen molar-refractivity contribution in [2.45, 2.75) is 30.9 Å². The number of carboxylic acids is 2. The first kappa shape index (κ1) is 32.5. The Labute approximate surface area is 259 Å². The normalized spacial score (nSPS) is 18.0. The number of fused-ring (bicyclic) bond motifs is 1. The predicted molar refractivity (Wildman–Crippen MR) is 154 cm³/mol. The molecule has 45 heavy (non-hydrogen) atoms. The molecule has 0 spiro atoms. The second kappa shape index (κ2) is 12.3. The number of anilines is 1. The molecule has 3 amide bonds. The molecule has 2 aliphatic rings. The number of aromatic hydroxyl groups is 2. The Morgan fingerprint density at radius 1 is 1.27 bits per heavy atom. The molecular formula is C24H23N7O12S2. The standard InChI is InChI=1S/C24H23N7O12S2/c1-24(2,22(39)40)43-29-13(10-7-45-23(25)27-10)18(35)28-14-19(36)30-15(21(37)38)9(6-44-20(14)30)5-26-17(34)8-3-11(31(41)42)16(33)12(32)4-8/h3-4,7,14,20,32-33H,5-6H2,1-2H3,(H2,25,27)(H,26,34)(H,28,35)(H,37,38)(H,39,40)/b29-13-/t14?,20-/m0/s1. The quantitative estimate of drug-likeness (QED) is 0.0537. The molecule has 238 valence electrons. The van der Waals surface area contributed by atoms with Gasteiger partial charge in [-0.3, -0.25) is 29.4 Å². The SMILES string of the molecule is CC(C)(O/N=C(\C(=O)NC1C(=O)N2C(C(=O)O)=C(CNC(=O)c3cc(O)c(O)c([N+](=O)[O-])c3)CS[C@@H]12)c1csc(N)n1)C(=O)O. The van der Waals surface area contributed by atoms with Gasteiger partial charge in [0.2, 0.25) is 11.4 Å². The molecule has 1 aromatic heterocycles. The number of phenols is 2. The van der Waals surface area contributed by atoms with Crippen molar-refractivity contribution in [3.8, 4) is 11.5 Å². The van der Waals surface area contributed by atoms with Crippen molar-refractivity contribution in [3.63, 3.8) is 0 Å². The number of thiazole rings is 1. The van der Waals surface area contributed by atoms with Gasteiger partial charge in [0.15, 0.2) is 16.6 Å². The molecule has 1 unspecified atom stereocenters. The molecular weight excluding hydrogens is 642 g/mol. The van der Waals surface area contributed by atoms with E-state index in [0.29, 0.717) is 0 Å². The summed E-state index contributed by atoms with van der Waals surface area (Å²) < 4.78 is 0. The molecule has 0 saturated carbocycles. The minimum Gasteiger partial charge on any atom is -0.504 e. The molecule has 3 heterocycles. The lowest BCUT2D eigenvalue weighted by atomic mass is 10.0. The van der Waals surface area contributed by atoms with Crippen molar-refractivity contribution in [2.24, 2.45) is 5.16 Å². The maximum atomic E-state index is 13.2. The van der Waals surface area contributed by atoms with Gasteiger partial charge in [0, 0.05) is 23.7 Å². The number of carbonyl (C=O) groups is 5. The monoisotopic (exact) mass is 665 g/mol. The van der Waals surface area contributed by atoms with Crippen molar-refractivity contribution < 1.29 is 54.2 Å². The van der Waals surface area contributed by atoms with E-state index in [1.54, 1.807) is 0 Å². The van der Waals surface area contributed by atoms with E-state index in [4.69, 9.17) is 10.6 Å². The van der Waals surface area contributed by atoms with E-state index in [9.17, 15) is 54.5 Å². The van der Waals surface area contributed by atoms with Gasteiger partial charge in [0.05, 0.1) is 10.5 Å². The first-order valence-corrected chi connectivity index (χ1v) is 14.4. The first-order chi connectivity index (χ1) is 21.0. The number of aliphatic carboxylic acids is 2. The molecule has 0 aliphatic carbocycles. The summed E-state index contributed by atoms with van der Waals surface area (Å²) in [5.41, 5.74) is 1.58. The Bertz CT molecular complexity index is 1700. The number of thioether (sulfide) groups is 1. The number of phenolic OH excluding ortho intramolecular Hbond substituents is 2. The number of nitrogens with zero attached hydrogens (tertiary/aromatic N) is 4. The number of nitrogens with one attached hydrogen (secondary N) is 2. The van der Waals surface area contributed by atoms with Gasteiger partial charge in [-0.2, -0.15) is 0 Å². The number of nitrogen functional groups attached to an aromatic ring is 1. The molecule has 8 N–H and O–H groups in total. The minimum absolute atomic E-state index is 0.0246. The van der Waals surface area contributed by atoms with Crippen LogP contribution in [0.25, 0.3) is 0 Å². The topological polar surface area (TPSA) is 297 Å². The highest BCUT2D eigenvalue weighted by Gasteiger charge is 2.54. The summed E-state index contributed by atoms with van der Waals surface area (Å²) in [5.74, 6) is -7.61. The average Bonchev–Trinajstić information content (AvgIpc) is 3.40. The number of hydrogen-bond acceptors (Lipinski definition) is 15. The van der Waals surface area contributed by atoms with E-state index in [1.165, 1.54) is 19.2 Å². The van der Waals surface area contributed by atoms with Crippen molar-refractivity contribution in [1.29, 1.82) is 0 Å². The van der Waals surface area contributed by atoms with E-state index in [0.717, 1.165) is 40.1 Å². The molecule has 19 nitrogen and oxygen atoms in total. The van der Waals surface area contributed by atoms with Crippen molar-refractivity contribution in [3.05, 3.63) is 50.2 Å². The largest absolute Gasteiger partial charge is 0.504 e. The van der Waals surface area contributed by atoms with Crippen LogP contribution in [0.15, 0.2) is 33.9 Å². The molecule has 2 aromatic rings. The van der Waals surface area contributed by atoms with Crippen LogP contribution in [0.2, 0.25) is 0 Å². The van der Waals surface area contributed by atoms with Gasteiger partial charge >= 0.3 is 17.6 Å². The Hall–Kier alpha value is -5.44. The van der Waals surface area contributed by atoms with E-state index in [-0.39, 0.29) is 22.2 Å². The van der Waals surface area contributed by atoms with Crippen LogP contribution < -0.4 is 16.4 Å². The number of β-lactam (4-membered cyclic amide) rings is 1. The van der Waals surface area contributed by atoms with Gasteiger partial charge in [-0.1, -0.05) is 5.16 Å². The number of rotatable bonds is 11. The van der Waals surface area contributed by atoms with Crippen LogP contribution in [0.5, 0.6) is 11.5 Å². The fourth-order valence-corrected chi connectivity index (χ4v) is 5.89. The Kier molecular flexibility index (Phi) is 8.86. The molecule has 0 bridgehead atoms. The van der Waals surface area contributed by atoms with Crippen LogP contribution in [-0.2, 0) is 24.0 Å². The van der Waals surface area contributed by atoms with Crippen LogP contribution in [0, 0.1) is 10.1 Å². The number of amides is 3. The second-order valence-electron chi connectivity index (χ2n) is 9.84. The average molecular weight is 666 g/mol. The van der Waals surface area contributed by atoms with Crippen LogP contribution in [0.1, 0.15) is 29.9 Å². The number of nitro benzene ring substituents is 1. The number of benzene rings is 1. The highest BCUT2D eigenvalue weighted by Crippen LogP contribution is 2.40. The van der Waals surface area contributed by atoms with Crippen molar-refractivity contribution in [1.82, 2.24) is 20.5 Å². The maximum absolute atomic E-state index is 13.2. The van der Waals surface area contributed by atoms with Crippen molar-refractivity contribution >= 4 is 69.3 Å². The zero-order chi connectivity index (χ0) is 33.4. The number of nitrogens with two attached hydrogens (primary N) is 1. The molecule has 1 saturated heterocycles. The summed E-state index contributed by atoms with van der Waals surface area (Å²) in [5, 5.41) is 58.7. The van der Waals surface area contributed by atoms with Gasteiger partial charge in [-0.05, 0) is 25.5 Å². The third-order valence-corrected chi connectivity index (χ3v) is 8.40. The predicted octanol–water partition coefficient (Wildman–Crippen LogP) is -0.203. The third-order valence-electron chi connectivity index (χ3n) is 6.39. The summed E-state index contributed by atoms with van der Waals surface area (Å²) in [4.78, 5) is 82.5. The lowest BCUT2D eigenvalue weighted by Crippen LogP contribution is -2.71. The fourth-order valence-electron chi connectivity index (χ4n) is 3.99. The number of aromatic nitrogens is 1. The van der Waals surface area contributed by atoms with E-state index < -0.39 is 92.3 Å². The van der Waals surface area contributed by atoms with Gasteiger partial charge in [-0.15, -0.1) is 23.1 Å². The summed E-state index contributed by atoms with van der Waals surface area (Å²) in [6.07, 6.45) is 0. The number of carboxylic acid groups (broad SMARTS) is 2. The molecule has 1 aromatic carbocycles. The van der Waals surface area contributed by atoms with Crippen molar-refractivity contribution in [2.75, 3.05) is 18.0 Å². The Morgan fingerprint density at radius 2 is 1.96 bits per heavy atom. The van der Waals surface area contributed by atoms with Crippen LogP contribution in [0.4, 0.5) is 10.8 Å². The Morgan fingerprint density at radius 3 is 2.53 bits per heavy atom. The number of hydrogen-bond donors (Lipinski definition) is 7. The molecule has 4 rings (SSSR count). The molecule has 2 aliphatic heterocycles. The molecule has 0 radical (unpaired) electrons. The third kappa shape index (κ3) is 6.43. The van der Waals surface area contributed by atoms with Gasteiger partial charge in [0.25, 0.3) is 17.7 Å². The van der Waals surface area contributed by atoms with E-state index >= 15 is 0 Å². The zero-order valence-corrected chi connectivity index (χ0v) is 24.7. The first-order valence-electron chi connectivity index (χ1n) is 12.4. The van der Waals surface area contributed by atoms with Crippen LogP contribution >= 0.6 is 23.1 Å². The number of oxime groups is 1. The van der Waals surface area contributed by atoms with E-state index in [1.807, 2.05) is 0 Å². The summed E-state index contributed by atoms with van der Waals surface area (Å²) in [6.45, 7) is 1.97. The zero-order valence-electron chi connectivity index (χ0n) is 23.0. The smallest absolute Gasteiger partial charge is 0.352 e. The summed E-state index contributed by atoms with van der Waals surface area (Å²) >= 11 is 2.02. The summed E-state index contributed by atoms with van der Waals surface area (Å²) in [6, 6.07) is 0.273. The summed E-state index contributed by atoms with van der Waals surface area (Å²) in [7, 11) is 0. The molecule has 1 fully saturated rings. The number of nitro groups is 1. The van der Waals surface area contributed by atoms with Crippen LogP contribution in [0.3, 0.4) is 0 Å². The fraction of sp³-hybridized carbons (Fsp3) is 0.292. The Balaban J connectivity index is 1.51. The van der Waals surface area contributed by atoms with Gasteiger partial charge < -0.3 is 41.6 Å². The highest BCUT2D eigenvalue weighted by atomic mass is 32.2. The van der Waals surface area contributed by atoms with Crippen LogP contribution in [-0.4, -0.2) is 99.9 Å². The molecule has 21 heteroatoms. The number of carbonyl (C=O) groups excluding carboxylic acids is 3. The second-order valence-corrected chi connectivity index (χ2v) is 11.8. The lowest BCUT2D eigenvalue weighted by Gasteiger charge is -2.49. The van der Waals surface area contributed by atoms with Gasteiger partial charge in [0.1, 0.15) is 22.8 Å². The maximum Gasteiger partial charge on any atom is 0.352 e.